The molecular weight excluding hydrogens is 408 g/mol. The van der Waals surface area contributed by atoms with Crippen LogP contribution >= 0.6 is 0 Å². The van der Waals surface area contributed by atoms with E-state index in [1.807, 2.05) is 0 Å². The van der Waals surface area contributed by atoms with Crippen LogP contribution < -0.4 is 0 Å². The molecule has 0 atom stereocenters. The summed E-state index contributed by atoms with van der Waals surface area (Å²) in [5.41, 5.74) is 0.597. The molecular formula is C24H56O4Si2. The van der Waals surface area contributed by atoms with Crippen molar-refractivity contribution in [2.24, 2.45) is 0 Å². The molecule has 0 radical (unpaired) electrons. The normalized spacial score (nSPS) is 13.6. The fourth-order valence-corrected chi connectivity index (χ4v) is 10.9. The van der Waals surface area contributed by atoms with E-state index in [9.17, 15) is 0 Å². The lowest BCUT2D eigenvalue weighted by atomic mass is 10.2. The second-order valence-corrected chi connectivity index (χ2v) is 18.8. The third kappa shape index (κ3) is 13.0. The maximum absolute atomic E-state index is 6.44. The van der Waals surface area contributed by atoms with Crippen molar-refractivity contribution in [3.63, 3.8) is 0 Å². The second kappa shape index (κ2) is 14.4. The Morgan fingerprint density at radius 1 is 0.633 bits per heavy atom. The summed E-state index contributed by atoms with van der Waals surface area (Å²) < 4.78 is 24.1. The van der Waals surface area contributed by atoms with Crippen LogP contribution in [0.1, 0.15) is 109 Å². The van der Waals surface area contributed by atoms with E-state index < -0.39 is 17.1 Å². The summed E-state index contributed by atoms with van der Waals surface area (Å²) in [6.07, 6.45) is 4.93. The molecule has 0 amide bonds. The molecule has 6 heteroatoms. The fraction of sp³-hybridized carbons (Fsp3) is 1.00. The summed E-state index contributed by atoms with van der Waals surface area (Å²) in [5, 5.41) is 0. The van der Waals surface area contributed by atoms with E-state index in [1.165, 1.54) is 25.7 Å². The fourth-order valence-electron chi connectivity index (χ4n) is 3.62. The molecule has 0 unspecified atom stereocenters. The summed E-state index contributed by atoms with van der Waals surface area (Å²) >= 11 is 0. The molecule has 0 N–H and O–H groups in total. The van der Waals surface area contributed by atoms with E-state index in [0.717, 1.165) is 12.1 Å². The minimum absolute atomic E-state index is 0.147. The van der Waals surface area contributed by atoms with Gasteiger partial charge in [-0.3, -0.25) is 0 Å². The molecule has 0 fully saturated rings. The molecule has 0 bridgehead atoms. The Labute approximate surface area is 192 Å². The molecule has 0 aromatic rings. The third-order valence-electron chi connectivity index (χ3n) is 5.11. The SMILES string of the molecule is CC(C)[Si](OC(C)(C)C)(OC(C)(C)C)C(C)C.CCCC[Si](CCCC)(OC)OC. The van der Waals surface area contributed by atoms with E-state index in [4.69, 9.17) is 17.7 Å². The molecule has 0 aromatic heterocycles. The molecule has 0 saturated heterocycles. The van der Waals surface area contributed by atoms with Crippen LogP contribution in [-0.4, -0.2) is 42.5 Å². The number of hydrogen-bond donors (Lipinski definition) is 0. The Morgan fingerprint density at radius 2 is 0.933 bits per heavy atom. The second-order valence-electron chi connectivity index (χ2n) is 11.0. The highest BCUT2D eigenvalue weighted by atomic mass is 28.4. The van der Waals surface area contributed by atoms with E-state index >= 15 is 0 Å². The van der Waals surface area contributed by atoms with Gasteiger partial charge < -0.3 is 17.7 Å². The van der Waals surface area contributed by atoms with Crippen LogP contribution in [-0.2, 0) is 17.7 Å². The lowest BCUT2D eigenvalue weighted by Gasteiger charge is -2.45. The first kappa shape index (κ1) is 32.5. The number of rotatable bonds is 12. The predicted octanol–water partition coefficient (Wildman–Crippen LogP) is 8.20. The Balaban J connectivity index is 0. The minimum Gasteiger partial charge on any atom is -0.398 e. The van der Waals surface area contributed by atoms with Gasteiger partial charge >= 0.3 is 17.1 Å². The molecule has 0 aliphatic rings. The molecule has 30 heavy (non-hydrogen) atoms. The van der Waals surface area contributed by atoms with Crippen LogP contribution in [0, 0.1) is 0 Å². The van der Waals surface area contributed by atoms with Gasteiger partial charge in [0.15, 0.2) is 0 Å². The van der Waals surface area contributed by atoms with Gasteiger partial charge in [-0.15, -0.1) is 0 Å². The molecule has 184 valence electrons. The smallest absolute Gasteiger partial charge is 0.344 e. The molecule has 0 rings (SSSR count). The standard InChI is InChI=1S/C14H32O2Si.C10H24O2Si/c1-11(2)17(12(3)4,15-13(5,6)7)16-14(8,9)10;1-5-7-9-13(11-3,12-4)10-8-6-2/h11-12H,1-10H3;5-10H2,1-4H3. The number of hydrogen-bond acceptors (Lipinski definition) is 4. The van der Waals surface area contributed by atoms with Crippen molar-refractivity contribution < 1.29 is 17.7 Å². The van der Waals surface area contributed by atoms with Crippen LogP contribution in [0.25, 0.3) is 0 Å². The summed E-state index contributed by atoms with van der Waals surface area (Å²) in [4.78, 5) is 0. The Morgan fingerprint density at radius 3 is 1.10 bits per heavy atom. The maximum Gasteiger partial charge on any atom is 0.344 e. The quantitative estimate of drug-likeness (QED) is 0.273. The van der Waals surface area contributed by atoms with E-state index in [2.05, 4.69) is 83.1 Å². The largest absolute Gasteiger partial charge is 0.398 e. The van der Waals surface area contributed by atoms with Crippen molar-refractivity contribution in [2.45, 2.75) is 143 Å². The average Bonchev–Trinajstić information content (AvgIpc) is 2.60. The molecule has 4 nitrogen and oxygen atoms in total. The van der Waals surface area contributed by atoms with E-state index in [0.29, 0.717) is 11.1 Å². The van der Waals surface area contributed by atoms with Gasteiger partial charge in [-0.1, -0.05) is 67.2 Å². The lowest BCUT2D eigenvalue weighted by Crippen LogP contribution is -2.55. The highest BCUT2D eigenvalue weighted by molar-refractivity contribution is 6.70. The number of unbranched alkanes of at least 4 members (excludes halogenated alkanes) is 2. The zero-order valence-electron chi connectivity index (χ0n) is 23.0. The lowest BCUT2D eigenvalue weighted by molar-refractivity contribution is 0.00572. The zero-order chi connectivity index (χ0) is 24.2. The van der Waals surface area contributed by atoms with Crippen LogP contribution in [0.3, 0.4) is 0 Å². The van der Waals surface area contributed by atoms with Crippen molar-refractivity contribution in [1.82, 2.24) is 0 Å². The van der Waals surface area contributed by atoms with Crippen molar-refractivity contribution in [3.8, 4) is 0 Å². The molecule has 0 aromatic carbocycles. The predicted molar refractivity (Wildman–Crippen MR) is 137 cm³/mol. The summed E-state index contributed by atoms with van der Waals surface area (Å²) in [6, 6.07) is 2.30. The van der Waals surface area contributed by atoms with E-state index in [1.54, 1.807) is 14.2 Å². The molecule has 0 heterocycles. The highest BCUT2D eigenvalue weighted by Crippen LogP contribution is 2.40. The van der Waals surface area contributed by atoms with Crippen molar-refractivity contribution in [1.29, 1.82) is 0 Å². The summed E-state index contributed by atoms with van der Waals surface area (Å²) in [7, 11) is -0.393. The van der Waals surface area contributed by atoms with Crippen molar-refractivity contribution in [2.75, 3.05) is 14.2 Å². The molecule has 0 aliphatic carbocycles. The van der Waals surface area contributed by atoms with Crippen molar-refractivity contribution >= 4 is 17.1 Å². The Bertz CT molecular complexity index is 386. The highest BCUT2D eigenvalue weighted by Gasteiger charge is 2.49. The van der Waals surface area contributed by atoms with E-state index in [-0.39, 0.29) is 11.2 Å². The summed E-state index contributed by atoms with van der Waals surface area (Å²) in [6.45, 7) is 26.0. The van der Waals surface area contributed by atoms with Gasteiger partial charge in [-0.25, -0.2) is 0 Å². The molecule has 0 saturated carbocycles. The van der Waals surface area contributed by atoms with Crippen molar-refractivity contribution in [3.05, 3.63) is 0 Å². The maximum atomic E-state index is 6.44. The molecule has 0 spiro atoms. The van der Waals surface area contributed by atoms with Gasteiger partial charge in [0.05, 0.1) is 11.2 Å². The van der Waals surface area contributed by atoms with Crippen LogP contribution in [0.4, 0.5) is 0 Å². The average molecular weight is 465 g/mol. The minimum atomic E-state index is -2.22. The Kier molecular flexibility index (Phi) is 15.6. The molecule has 0 aliphatic heterocycles. The zero-order valence-corrected chi connectivity index (χ0v) is 25.0. The summed E-state index contributed by atoms with van der Waals surface area (Å²) in [5.74, 6) is 0. The van der Waals surface area contributed by atoms with Crippen LogP contribution in [0.15, 0.2) is 0 Å². The van der Waals surface area contributed by atoms with Crippen LogP contribution in [0.5, 0.6) is 0 Å². The topological polar surface area (TPSA) is 36.9 Å². The Hall–Kier alpha value is 0.274. The van der Waals surface area contributed by atoms with Gasteiger partial charge in [-0.2, -0.15) is 0 Å². The first-order valence-corrected chi connectivity index (χ1v) is 16.3. The van der Waals surface area contributed by atoms with Gasteiger partial charge in [0.25, 0.3) is 0 Å². The van der Waals surface area contributed by atoms with Gasteiger partial charge in [0.2, 0.25) is 0 Å². The van der Waals surface area contributed by atoms with Crippen LogP contribution in [0.2, 0.25) is 23.2 Å². The first-order valence-electron chi connectivity index (χ1n) is 12.0. The monoisotopic (exact) mass is 464 g/mol. The van der Waals surface area contributed by atoms with Gasteiger partial charge in [-0.05, 0) is 64.7 Å². The van der Waals surface area contributed by atoms with Gasteiger partial charge in [0.1, 0.15) is 0 Å². The van der Waals surface area contributed by atoms with Gasteiger partial charge in [0, 0.05) is 14.2 Å². The first-order chi connectivity index (χ1) is 13.5. The third-order valence-corrected chi connectivity index (χ3v) is 13.9.